The highest BCUT2D eigenvalue weighted by Gasteiger charge is 2.49. The number of benzene rings is 2. The van der Waals surface area contributed by atoms with Gasteiger partial charge >= 0.3 is 6.03 Å². The molecule has 1 aliphatic rings. The van der Waals surface area contributed by atoms with Crippen LogP contribution in [0.3, 0.4) is 0 Å². The standard InChI is InChI=1S/C19H17N5O3S/c1-19(12-7-3-2-4-8-12)16(26)24(18(27)22-19)23-15(25)11-28-17-20-13-9-5-6-10-14(13)21-17/h2-10H,11H2,1H3,(H,20,21)(H,22,27)(H,23,25)/t19-/m0/s1. The first-order valence-corrected chi connectivity index (χ1v) is 9.55. The quantitative estimate of drug-likeness (QED) is 0.453. The molecule has 0 bridgehead atoms. The fourth-order valence-corrected chi connectivity index (χ4v) is 3.67. The first-order valence-electron chi connectivity index (χ1n) is 8.56. The number of rotatable bonds is 5. The number of imidazole rings is 1. The highest BCUT2D eigenvalue weighted by atomic mass is 32.2. The van der Waals surface area contributed by atoms with Crippen LogP contribution in [-0.4, -0.2) is 38.6 Å². The number of para-hydroxylation sites is 2. The molecule has 1 fully saturated rings. The van der Waals surface area contributed by atoms with Gasteiger partial charge in [0.2, 0.25) is 5.91 Å². The fourth-order valence-electron chi connectivity index (χ4n) is 3.00. The van der Waals surface area contributed by atoms with Gasteiger partial charge in [-0.2, -0.15) is 5.01 Å². The normalized spacial score (nSPS) is 19.1. The Morgan fingerprint density at radius 3 is 2.61 bits per heavy atom. The van der Waals surface area contributed by atoms with Gasteiger partial charge in [0.1, 0.15) is 5.54 Å². The number of nitrogens with one attached hydrogen (secondary N) is 3. The summed E-state index contributed by atoms with van der Waals surface area (Å²) in [5.41, 5.74) is 3.47. The smallest absolute Gasteiger partial charge is 0.333 e. The van der Waals surface area contributed by atoms with Crippen LogP contribution in [-0.2, 0) is 15.1 Å². The van der Waals surface area contributed by atoms with Crippen LogP contribution in [0.15, 0.2) is 59.8 Å². The summed E-state index contributed by atoms with van der Waals surface area (Å²) < 4.78 is 0. The summed E-state index contributed by atoms with van der Waals surface area (Å²) in [4.78, 5) is 44.8. The van der Waals surface area contributed by atoms with Crippen molar-refractivity contribution in [1.29, 1.82) is 0 Å². The molecule has 1 aliphatic heterocycles. The SMILES string of the molecule is C[C@@]1(c2ccccc2)NC(=O)N(NC(=O)CSc2nc3ccccc3[nH]2)C1=O. The van der Waals surface area contributed by atoms with E-state index in [4.69, 9.17) is 0 Å². The Kier molecular flexibility index (Phi) is 4.52. The van der Waals surface area contributed by atoms with E-state index in [1.54, 1.807) is 31.2 Å². The molecule has 1 atom stereocenters. The molecule has 9 heteroatoms. The summed E-state index contributed by atoms with van der Waals surface area (Å²) in [6.07, 6.45) is 0. The van der Waals surface area contributed by atoms with Gasteiger partial charge in [0.25, 0.3) is 5.91 Å². The Balaban J connectivity index is 1.41. The van der Waals surface area contributed by atoms with Gasteiger partial charge in [0.15, 0.2) is 5.16 Å². The molecule has 4 rings (SSSR count). The number of urea groups is 1. The van der Waals surface area contributed by atoms with E-state index in [1.807, 2.05) is 30.3 Å². The molecular formula is C19H17N5O3S. The van der Waals surface area contributed by atoms with E-state index in [-0.39, 0.29) is 5.75 Å². The van der Waals surface area contributed by atoms with Gasteiger partial charge in [-0.25, -0.2) is 9.78 Å². The number of hydrogen-bond donors (Lipinski definition) is 3. The summed E-state index contributed by atoms with van der Waals surface area (Å²) in [5, 5.41) is 3.96. The van der Waals surface area contributed by atoms with Crippen molar-refractivity contribution in [2.24, 2.45) is 0 Å². The highest BCUT2D eigenvalue weighted by molar-refractivity contribution is 7.99. The molecule has 1 aromatic heterocycles. The largest absolute Gasteiger partial charge is 0.344 e. The molecule has 2 heterocycles. The zero-order valence-electron chi connectivity index (χ0n) is 14.9. The Bertz CT molecular complexity index is 1030. The predicted octanol–water partition coefficient (Wildman–Crippen LogP) is 2.15. The molecule has 0 saturated carbocycles. The zero-order chi connectivity index (χ0) is 19.7. The van der Waals surface area contributed by atoms with E-state index in [2.05, 4.69) is 20.7 Å². The number of imide groups is 1. The average molecular weight is 395 g/mol. The number of aromatic amines is 1. The van der Waals surface area contributed by atoms with Gasteiger partial charge in [0.05, 0.1) is 16.8 Å². The lowest BCUT2D eigenvalue weighted by molar-refractivity contribution is -0.138. The highest BCUT2D eigenvalue weighted by Crippen LogP contribution is 2.27. The maximum absolute atomic E-state index is 12.8. The second-order valence-corrected chi connectivity index (χ2v) is 7.41. The van der Waals surface area contributed by atoms with Gasteiger partial charge in [0, 0.05) is 0 Å². The molecule has 3 N–H and O–H groups in total. The number of nitrogens with zero attached hydrogens (tertiary/aromatic N) is 2. The van der Waals surface area contributed by atoms with Gasteiger partial charge in [-0.3, -0.25) is 15.0 Å². The van der Waals surface area contributed by atoms with Gasteiger partial charge in [-0.1, -0.05) is 54.2 Å². The van der Waals surface area contributed by atoms with Gasteiger partial charge in [-0.15, -0.1) is 0 Å². The molecule has 0 radical (unpaired) electrons. The summed E-state index contributed by atoms with van der Waals surface area (Å²) in [7, 11) is 0. The number of aromatic nitrogens is 2. The monoisotopic (exact) mass is 395 g/mol. The van der Waals surface area contributed by atoms with E-state index in [9.17, 15) is 14.4 Å². The molecule has 2 aromatic carbocycles. The molecule has 3 aromatic rings. The van der Waals surface area contributed by atoms with Crippen molar-refractivity contribution in [3.63, 3.8) is 0 Å². The molecule has 0 aliphatic carbocycles. The van der Waals surface area contributed by atoms with Crippen LogP contribution < -0.4 is 10.7 Å². The molecule has 4 amide bonds. The van der Waals surface area contributed by atoms with Crippen molar-refractivity contribution in [3.8, 4) is 0 Å². The third kappa shape index (κ3) is 3.20. The summed E-state index contributed by atoms with van der Waals surface area (Å²) in [6, 6.07) is 15.8. The molecule has 8 nitrogen and oxygen atoms in total. The molecule has 1 saturated heterocycles. The molecule has 142 valence electrons. The van der Waals surface area contributed by atoms with Crippen molar-refractivity contribution in [1.82, 2.24) is 25.7 Å². The van der Waals surface area contributed by atoms with E-state index in [1.165, 1.54) is 11.8 Å². The summed E-state index contributed by atoms with van der Waals surface area (Å²) in [6.45, 7) is 1.61. The molecular weight excluding hydrogens is 378 g/mol. The van der Waals surface area contributed by atoms with Crippen LogP contribution in [0.5, 0.6) is 0 Å². The van der Waals surface area contributed by atoms with E-state index >= 15 is 0 Å². The second-order valence-electron chi connectivity index (χ2n) is 6.44. The number of amides is 4. The minimum Gasteiger partial charge on any atom is -0.333 e. The number of carbonyl (C=O) groups is 3. The van der Waals surface area contributed by atoms with Crippen molar-refractivity contribution in [3.05, 3.63) is 60.2 Å². The topological polar surface area (TPSA) is 107 Å². The zero-order valence-corrected chi connectivity index (χ0v) is 15.7. The predicted molar refractivity (Wildman–Crippen MR) is 104 cm³/mol. The van der Waals surface area contributed by atoms with E-state index < -0.39 is 23.4 Å². The number of carbonyl (C=O) groups excluding carboxylic acids is 3. The first kappa shape index (κ1) is 18.1. The lowest BCUT2D eigenvalue weighted by Crippen LogP contribution is -2.48. The third-order valence-electron chi connectivity index (χ3n) is 4.49. The van der Waals surface area contributed by atoms with Crippen LogP contribution >= 0.6 is 11.8 Å². The summed E-state index contributed by atoms with van der Waals surface area (Å²) >= 11 is 1.19. The van der Waals surface area contributed by atoms with Crippen LogP contribution in [0, 0.1) is 0 Å². The van der Waals surface area contributed by atoms with Crippen LogP contribution in [0.4, 0.5) is 4.79 Å². The van der Waals surface area contributed by atoms with Crippen molar-refractivity contribution < 1.29 is 14.4 Å². The Labute approximate surface area is 164 Å². The average Bonchev–Trinajstić information content (AvgIpc) is 3.21. The summed E-state index contributed by atoms with van der Waals surface area (Å²) in [5.74, 6) is -1.02. The maximum atomic E-state index is 12.8. The number of H-pyrrole nitrogens is 1. The number of fused-ring (bicyclic) bond motifs is 1. The van der Waals surface area contributed by atoms with Crippen molar-refractivity contribution >= 4 is 40.6 Å². The van der Waals surface area contributed by atoms with Crippen molar-refractivity contribution in [2.75, 3.05) is 5.75 Å². The molecule has 28 heavy (non-hydrogen) atoms. The first-order chi connectivity index (χ1) is 13.5. The molecule has 0 spiro atoms. The maximum Gasteiger partial charge on any atom is 0.344 e. The second kappa shape index (κ2) is 7.01. The third-order valence-corrected chi connectivity index (χ3v) is 5.36. The molecule has 0 unspecified atom stereocenters. The number of thioether (sulfide) groups is 1. The Hall–Kier alpha value is -3.33. The van der Waals surface area contributed by atoms with Crippen LogP contribution in [0.2, 0.25) is 0 Å². The van der Waals surface area contributed by atoms with Gasteiger partial charge in [-0.05, 0) is 24.6 Å². The number of hydrazine groups is 1. The van der Waals surface area contributed by atoms with E-state index in [0.29, 0.717) is 10.7 Å². The Morgan fingerprint density at radius 1 is 1.14 bits per heavy atom. The van der Waals surface area contributed by atoms with Gasteiger partial charge < -0.3 is 10.3 Å². The number of hydrogen-bond acceptors (Lipinski definition) is 5. The fraction of sp³-hybridized carbons (Fsp3) is 0.158. The minimum atomic E-state index is -1.22. The van der Waals surface area contributed by atoms with Crippen LogP contribution in [0.1, 0.15) is 12.5 Å². The van der Waals surface area contributed by atoms with Crippen LogP contribution in [0.25, 0.3) is 11.0 Å². The van der Waals surface area contributed by atoms with Crippen molar-refractivity contribution in [2.45, 2.75) is 17.6 Å². The lowest BCUT2D eigenvalue weighted by Gasteiger charge is -2.22. The minimum absolute atomic E-state index is 0.00106. The van der Waals surface area contributed by atoms with E-state index in [0.717, 1.165) is 16.0 Å². The lowest BCUT2D eigenvalue weighted by atomic mass is 9.92. The Morgan fingerprint density at radius 2 is 1.86 bits per heavy atom.